The van der Waals surface area contributed by atoms with Gasteiger partial charge in [-0.2, -0.15) is 4.98 Å². The normalized spacial score (nSPS) is 10.4. The van der Waals surface area contributed by atoms with E-state index in [-0.39, 0.29) is 5.82 Å². The lowest BCUT2D eigenvalue weighted by Gasteiger charge is -2.12. The van der Waals surface area contributed by atoms with Gasteiger partial charge in [-0.25, -0.2) is 9.37 Å². The minimum absolute atomic E-state index is 0.294. The number of anilines is 1. The summed E-state index contributed by atoms with van der Waals surface area (Å²) in [5.41, 5.74) is 1.39. The summed E-state index contributed by atoms with van der Waals surface area (Å²) in [6.45, 7) is 8.13. The van der Waals surface area contributed by atoms with Gasteiger partial charge in [-0.3, -0.25) is 0 Å². The van der Waals surface area contributed by atoms with E-state index < -0.39 is 0 Å². The number of nitrogens with one attached hydrogen (secondary N) is 1. The number of ether oxygens (including phenoxy) is 1. The number of nitrogens with zero attached hydrogens (tertiary/aromatic N) is 2. The van der Waals surface area contributed by atoms with Crippen molar-refractivity contribution in [3.8, 4) is 11.6 Å². The van der Waals surface area contributed by atoms with Crippen LogP contribution < -0.4 is 10.1 Å². The average Bonchev–Trinajstić information content (AvgIpc) is 2.39. The van der Waals surface area contributed by atoms with E-state index in [9.17, 15) is 4.39 Å². The molecule has 0 radical (unpaired) electrons. The van der Waals surface area contributed by atoms with Crippen molar-refractivity contribution < 1.29 is 9.13 Å². The first-order valence-electron chi connectivity index (χ1n) is 6.54. The van der Waals surface area contributed by atoms with Crippen molar-refractivity contribution >= 4 is 5.82 Å². The van der Waals surface area contributed by atoms with Crippen molar-refractivity contribution in [1.29, 1.82) is 0 Å². The van der Waals surface area contributed by atoms with Gasteiger partial charge in [0, 0.05) is 12.6 Å². The van der Waals surface area contributed by atoms with Crippen LogP contribution in [0.25, 0.3) is 0 Å². The Morgan fingerprint density at radius 2 is 1.95 bits per heavy atom. The average molecular weight is 275 g/mol. The number of halogens is 1. The highest BCUT2D eigenvalue weighted by Crippen LogP contribution is 2.27. The zero-order valence-corrected chi connectivity index (χ0v) is 12.1. The molecule has 0 atom stereocenters. The molecule has 1 N–H and O–H groups in total. The second kappa shape index (κ2) is 5.86. The number of hydrogen-bond acceptors (Lipinski definition) is 4. The number of aromatic nitrogens is 2. The molecule has 2 rings (SSSR count). The molecule has 0 aliphatic carbocycles. The van der Waals surface area contributed by atoms with Gasteiger partial charge in [-0.15, -0.1) is 0 Å². The van der Waals surface area contributed by atoms with Gasteiger partial charge in [0.15, 0.2) is 0 Å². The second-order valence-electron chi connectivity index (χ2n) is 4.59. The van der Waals surface area contributed by atoms with Gasteiger partial charge in [-0.1, -0.05) is 6.07 Å². The van der Waals surface area contributed by atoms with E-state index in [2.05, 4.69) is 15.3 Å². The van der Waals surface area contributed by atoms with Gasteiger partial charge in [-0.05, 0) is 39.3 Å². The molecule has 0 bridgehead atoms. The topological polar surface area (TPSA) is 47.0 Å². The first-order valence-corrected chi connectivity index (χ1v) is 6.54. The molecule has 0 amide bonds. The zero-order chi connectivity index (χ0) is 14.7. The lowest BCUT2D eigenvalue weighted by molar-refractivity contribution is 0.451. The summed E-state index contributed by atoms with van der Waals surface area (Å²) in [5.74, 6) is 1.92. The van der Waals surface area contributed by atoms with Crippen molar-refractivity contribution in [2.45, 2.75) is 27.7 Å². The molecular formula is C15H18FN3O. The van der Waals surface area contributed by atoms with Crippen LogP contribution in [0, 0.1) is 26.6 Å². The maximum Gasteiger partial charge on any atom is 0.227 e. The van der Waals surface area contributed by atoms with Crippen LogP contribution in [0.1, 0.15) is 23.9 Å². The molecular weight excluding hydrogens is 257 g/mol. The molecule has 4 nitrogen and oxygen atoms in total. The highest BCUT2D eigenvalue weighted by molar-refractivity contribution is 5.49. The summed E-state index contributed by atoms with van der Waals surface area (Å²) >= 11 is 0. The Kier molecular flexibility index (Phi) is 4.17. The fourth-order valence-corrected chi connectivity index (χ4v) is 1.79. The van der Waals surface area contributed by atoms with Crippen molar-refractivity contribution in [2.24, 2.45) is 0 Å². The van der Waals surface area contributed by atoms with Gasteiger partial charge in [0.25, 0.3) is 0 Å². The molecule has 2 aromatic rings. The molecule has 1 aromatic carbocycles. The minimum atomic E-state index is -0.294. The summed E-state index contributed by atoms with van der Waals surface area (Å²) in [6.07, 6.45) is 0. The van der Waals surface area contributed by atoms with Crippen LogP contribution in [0.15, 0.2) is 18.2 Å². The zero-order valence-electron chi connectivity index (χ0n) is 12.1. The van der Waals surface area contributed by atoms with Crippen LogP contribution >= 0.6 is 0 Å². The highest BCUT2D eigenvalue weighted by atomic mass is 19.1. The van der Waals surface area contributed by atoms with Gasteiger partial charge < -0.3 is 10.1 Å². The van der Waals surface area contributed by atoms with E-state index in [1.165, 1.54) is 6.07 Å². The van der Waals surface area contributed by atoms with E-state index >= 15 is 0 Å². The molecule has 1 aromatic heterocycles. The van der Waals surface area contributed by atoms with E-state index in [0.717, 1.165) is 17.9 Å². The molecule has 1 heterocycles. The van der Waals surface area contributed by atoms with Crippen molar-refractivity contribution in [2.75, 3.05) is 11.9 Å². The maximum atomic E-state index is 13.5. The molecule has 106 valence electrons. The number of hydrogen-bond donors (Lipinski definition) is 1. The Morgan fingerprint density at radius 3 is 2.60 bits per heavy atom. The molecule has 0 saturated carbocycles. The molecule has 5 heteroatoms. The smallest absolute Gasteiger partial charge is 0.227 e. The third-order valence-corrected chi connectivity index (χ3v) is 2.92. The van der Waals surface area contributed by atoms with Gasteiger partial charge >= 0.3 is 0 Å². The molecule has 0 aliphatic heterocycles. The van der Waals surface area contributed by atoms with Crippen molar-refractivity contribution in [3.63, 3.8) is 0 Å². The van der Waals surface area contributed by atoms with Crippen molar-refractivity contribution in [3.05, 3.63) is 41.0 Å². The molecule has 0 saturated heterocycles. The monoisotopic (exact) mass is 275 g/mol. The summed E-state index contributed by atoms with van der Waals surface area (Å²) in [4.78, 5) is 8.59. The Morgan fingerprint density at radius 1 is 1.20 bits per heavy atom. The van der Waals surface area contributed by atoms with E-state index in [1.807, 2.05) is 13.8 Å². The first kappa shape index (κ1) is 14.2. The van der Waals surface area contributed by atoms with Crippen LogP contribution in [-0.4, -0.2) is 16.5 Å². The van der Waals surface area contributed by atoms with Crippen LogP contribution in [0.3, 0.4) is 0 Å². The molecule has 0 spiro atoms. The largest absolute Gasteiger partial charge is 0.438 e. The third-order valence-electron chi connectivity index (χ3n) is 2.92. The maximum absolute atomic E-state index is 13.5. The van der Waals surface area contributed by atoms with Gasteiger partial charge in [0.05, 0.1) is 5.56 Å². The van der Waals surface area contributed by atoms with Gasteiger partial charge in [0.1, 0.15) is 23.2 Å². The Labute approximate surface area is 118 Å². The highest BCUT2D eigenvalue weighted by Gasteiger charge is 2.11. The van der Waals surface area contributed by atoms with Crippen LogP contribution in [0.4, 0.5) is 10.2 Å². The Hall–Kier alpha value is -2.17. The van der Waals surface area contributed by atoms with E-state index in [0.29, 0.717) is 23.0 Å². The third kappa shape index (κ3) is 3.04. The second-order valence-corrected chi connectivity index (χ2v) is 4.59. The summed E-state index contributed by atoms with van der Waals surface area (Å²) in [6, 6.07) is 4.76. The molecule has 0 fully saturated rings. The fourth-order valence-electron chi connectivity index (χ4n) is 1.79. The minimum Gasteiger partial charge on any atom is -0.438 e. The predicted molar refractivity (Wildman–Crippen MR) is 76.9 cm³/mol. The first-order chi connectivity index (χ1) is 9.51. The van der Waals surface area contributed by atoms with Crippen LogP contribution in [0.2, 0.25) is 0 Å². The number of benzene rings is 1. The quantitative estimate of drug-likeness (QED) is 0.922. The number of rotatable bonds is 4. The van der Waals surface area contributed by atoms with E-state index in [4.69, 9.17) is 4.74 Å². The lowest BCUT2D eigenvalue weighted by atomic mass is 10.2. The Bertz CT molecular complexity index is 629. The molecule has 0 unspecified atom stereocenters. The summed E-state index contributed by atoms with van der Waals surface area (Å²) in [5, 5.41) is 3.16. The number of aryl methyl sites for hydroxylation is 2. The van der Waals surface area contributed by atoms with Gasteiger partial charge in [0.2, 0.25) is 5.88 Å². The van der Waals surface area contributed by atoms with Crippen molar-refractivity contribution in [1.82, 2.24) is 9.97 Å². The lowest BCUT2D eigenvalue weighted by Crippen LogP contribution is -2.06. The fraction of sp³-hybridized carbons (Fsp3) is 0.333. The van der Waals surface area contributed by atoms with Crippen LogP contribution in [0.5, 0.6) is 11.6 Å². The standard InChI is InChI=1S/C15H18FN3O/c1-5-17-14-10(3)15(19-11(4)18-14)20-12-7-6-9(2)13(16)8-12/h6-8H,5H2,1-4H3,(H,17,18,19). The summed E-state index contributed by atoms with van der Waals surface area (Å²) in [7, 11) is 0. The van der Waals surface area contributed by atoms with E-state index in [1.54, 1.807) is 26.0 Å². The SMILES string of the molecule is CCNc1nc(C)nc(Oc2ccc(C)c(F)c2)c1C. The molecule has 20 heavy (non-hydrogen) atoms. The molecule has 0 aliphatic rings. The summed E-state index contributed by atoms with van der Waals surface area (Å²) < 4.78 is 19.2. The predicted octanol–water partition coefficient (Wildman–Crippen LogP) is 3.77. The Balaban J connectivity index is 2.35. The van der Waals surface area contributed by atoms with Crippen LogP contribution in [-0.2, 0) is 0 Å².